The molecule has 6 rings (SSSR count). The van der Waals surface area contributed by atoms with E-state index in [1.165, 1.54) is 7.05 Å². The minimum Gasteiger partial charge on any atom is -0.495 e. The number of nitrogens with one attached hydrogen (secondary N) is 3. The van der Waals surface area contributed by atoms with Crippen LogP contribution in [0.1, 0.15) is 47.1 Å². The van der Waals surface area contributed by atoms with E-state index in [1.54, 1.807) is 54.5 Å². The van der Waals surface area contributed by atoms with Crippen LogP contribution in [0, 0.1) is 28.6 Å². The van der Waals surface area contributed by atoms with Crippen LogP contribution in [0.5, 0.6) is 5.75 Å². The van der Waals surface area contributed by atoms with Gasteiger partial charge in [0.2, 0.25) is 17.7 Å². The van der Waals surface area contributed by atoms with E-state index < -0.39 is 11.5 Å². The van der Waals surface area contributed by atoms with E-state index in [2.05, 4.69) is 22.2 Å². The molecule has 0 saturated carbocycles. The molecule has 3 aliphatic heterocycles. The van der Waals surface area contributed by atoms with Gasteiger partial charge in [-0.1, -0.05) is 24.1 Å². The minimum absolute atomic E-state index is 0.0330. The Balaban J connectivity index is 1.05. The lowest BCUT2D eigenvalue weighted by Gasteiger charge is -2.29. The number of nitrogens with zero attached hydrogens (tertiary/aromatic N) is 3. The number of anilines is 2. The fourth-order valence-corrected chi connectivity index (χ4v) is 7.09. The molecule has 0 bridgehead atoms. The molecule has 1 atom stereocenters. The first kappa shape index (κ1) is 34.9. The van der Waals surface area contributed by atoms with E-state index in [-0.39, 0.29) is 30.0 Å². The minimum atomic E-state index is -0.692. The van der Waals surface area contributed by atoms with Gasteiger partial charge in [-0.3, -0.25) is 25.3 Å². The van der Waals surface area contributed by atoms with Gasteiger partial charge in [-0.2, -0.15) is 0 Å². The molecule has 51 heavy (non-hydrogen) atoms. The van der Waals surface area contributed by atoms with Gasteiger partial charge >= 0.3 is 6.09 Å². The molecule has 0 unspecified atom stereocenters. The summed E-state index contributed by atoms with van der Waals surface area (Å²) in [7, 11) is 2.98. The fourth-order valence-electron chi connectivity index (χ4n) is 7.09. The lowest BCUT2D eigenvalue weighted by molar-refractivity contribution is -0.132. The van der Waals surface area contributed by atoms with Crippen LogP contribution in [0.2, 0.25) is 0 Å². The van der Waals surface area contributed by atoms with Gasteiger partial charge in [0.1, 0.15) is 5.75 Å². The Morgan fingerprint density at radius 2 is 1.76 bits per heavy atom. The molecular weight excluding hydrogens is 646 g/mol. The van der Waals surface area contributed by atoms with Crippen molar-refractivity contribution in [3.05, 3.63) is 94.6 Å². The fraction of sp³-hybridized carbons (Fsp3) is 0.308. The van der Waals surface area contributed by atoms with Gasteiger partial charge < -0.3 is 30.3 Å². The summed E-state index contributed by atoms with van der Waals surface area (Å²) < 4.78 is 10.2. The molecule has 0 aromatic heterocycles. The SMILES string of the molecule is C#Cc1cc(C(=N)c2cc(N3CC[C@]4(CCN(CC(=O)N5CC=C(c6ccc(C(=N)OC(=O)NC)cc6)CC5)C4)C3=O)ccc2N)ccc1OC. The third-order valence-electron chi connectivity index (χ3n) is 10.0. The number of ether oxygens (including phenoxy) is 2. The number of hydrogen-bond acceptors (Lipinski definition) is 9. The van der Waals surface area contributed by atoms with Gasteiger partial charge in [0, 0.05) is 61.3 Å². The summed E-state index contributed by atoms with van der Waals surface area (Å²) in [5.74, 6) is 2.98. The van der Waals surface area contributed by atoms with Crippen molar-refractivity contribution in [2.24, 2.45) is 5.41 Å². The summed E-state index contributed by atoms with van der Waals surface area (Å²) in [5.41, 5.74) is 11.3. The quantitative estimate of drug-likeness (QED) is 0.120. The van der Waals surface area contributed by atoms with E-state index in [4.69, 9.17) is 32.4 Å². The van der Waals surface area contributed by atoms with Crippen molar-refractivity contribution in [2.45, 2.75) is 19.3 Å². The van der Waals surface area contributed by atoms with E-state index in [0.29, 0.717) is 91.4 Å². The van der Waals surface area contributed by atoms with Crippen molar-refractivity contribution in [1.29, 1.82) is 10.8 Å². The highest BCUT2D eigenvalue weighted by molar-refractivity contribution is 6.15. The zero-order chi connectivity index (χ0) is 36.3. The Morgan fingerprint density at radius 3 is 2.45 bits per heavy atom. The second-order valence-electron chi connectivity index (χ2n) is 13.0. The van der Waals surface area contributed by atoms with Crippen molar-refractivity contribution in [3.8, 4) is 18.1 Å². The highest BCUT2D eigenvalue weighted by Crippen LogP contribution is 2.43. The van der Waals surface area contributed by atoms with Crippen molar-refractivity contribution in [1.82, 2.24) is 15.1 Å². The molecule has 0 aliphatic carbocycles. The van der Waals surface area contributed by atoms with Crippen molar-refractivity contribution >= 4 is 46.5 Å². The monoisotopic (exact) mass is 687 g/mol. The molecule has 1 spiro atoms. The number of alkyl carbamates (subject to hydrolysis) is 1. The summed E-state index contributed by atoms with van der Waals surface area (Å²) in [6, 6.07) is 17.8. The Kier molecular flexibility index (Phi) is 9.93. The zero-order valence-corrected chi connectivity index (χ0v) is 28.8. The smallest absolute Gasteiger partial charge is 0.413 e. The first-order chi connectivity index (χ1) is 24.5. The van der Waals surface area contributed by atoms with E-state index in [9.17, 15) is 14.4 Å². The maximum Gasteiger partial charge on any atom is 0.413 e. The molecule has 3 aliphatic rings. The van der Waals surface area contributed by atoms with Crippen LogP contribution in [0.25, 0.3) is 5.57 Å². The van der Waals surface area contributed by atoms with Gasteiger partial charge in [0.05, 0.1) is 30.3 Å². The first-order valence-electron chi connectivity index (χ1n) is 16.8. The average Bonchev–Trinajstić information content (AvgIpc) is 3.72. The molecule has 3 aromatic rings. The molecule has 12 heteroatoms. The van der Waals surface area contributed by atoms with Crippen LogP contribution in [-0.4, -0.2) is 92.7 Å². The van der Waals surface area contributed by atoms with Gasteiger partial charge in [-0.05, 0) is 85.5 Å². The van der Waals surface area contributed by atoms with Gasteiger partial charge in [0.25, 0.3) is 0 Å². The molecule has 2 saturated heterocycles. The Bertz CT molecular complexity index is 1980. The molecule has 2 fully saturated rings. The topological polar surface area (TPSA) is 165 Å². The normalized spacial score (nSPS) is 18.7. The highest BCUT2D eigenvalue weighted by atomic mass is 16.6. The molecule has 262 valence electrons. The Morgan fingerprint density at radius 1 is 1.02 bits per heavy atom. The molecule has 3 heterocycles. The zero-order valence-electron chi connectivity index (χ0n) is 28.8. The third-order valence-corrected chi connectivity index (χ3v) is 10.0. The summed E-state index contributed by atoms with van der Waals surface area (Å²) in [4.78, 5) is 44.5. The number of nitrogen functional groups attached to an aromatic ring is 1. The average molecular weight is 688 g/mol. The number of carbonyl (C=O) groups is 3. The third kappa shape index (κ3) is 7.07. The number of nitrogens with two attached hydrogens (primary N) is 1. The van der Waals surface area contributed by atoms with Gasteiger partial charge in [-0.15, -0.1) is 6.42 Å². The van der Waals surface area contributed by atoms with Crippen LogP contribution < -0.4 is 20.7 Å². The number of carbonyl (C=O) groups excluding carboxylic acids is 3. The maximum absolute atomic E-state index is 14.0. The molecular formula is C39H41N7O5. The van der Waals surface area contributed by atoms with Crippen molar-refractivity contribution in [3.63, 3.8) is 0 Å². The Labute approximate surface area is 297 Å². The summed E-state index contributed by atoms with van der Waals surface area (Å²) in [5, 5.41) is 19.2. The summed E-state index contributed by atoms with van der Waals surface area (Å²) in [6.45, 7) is 3.06. The second-order valence-corrected chi connectivity index (χ2v) is 13.0. The molecule has 3 amide bonds. The van der Waals surface area contributed by atoms with E-state index in [1.807, 2.05) is 23.1 Å². The predicted octanol–water partition coefficient (Wildman–Crippen LogP) is 4.10. The molecule has 12 nitrogen and oxygen atoms in total. The number of likely N-dealkylation sites (tertiary alicyclic amines) is 1. The lowest BCUT2D eigenvalue weighted by atomic mass is 9.85. The number of hydrogen-bond donors (Lipinski definition) is 4. The van der Waals surface area contributed by atoms with Crippen LogP contribution >= 0.6 is 0 Å². The van der Waals surface area contributed by atoms with Gasteiger partial charge in [-0.25, -0.2) is 4.79 Å². The standard InChI is InChI=1S/C39H41N7O5/c1-4-25-21-29(9-12-33(25)50-3)35(41)31-22-30(10-11-32(31)40)46-20-16-39(37(46)48)15-19-44(24-39)23-34(47)45-17-13-27(14-18-45)26-5-7-28(8-6-26)36(42)51-38(49)43-2/h1,5-13,21-22,41-42H,14-20,23-24,40H2,2-3H3,(H,43,49)/t39-/m0/s1. The molecule has 3 aromatic carbocycles. The van der Waals surface area contributed by atoms with Crippen molar-refractivity contribution < 1.29 is 23.9 Å². The predicted molar refractivity (Wildman–Crippen MR) is 196 cm³/mol. The number of rotatable bonds is 8. The van der Waals surface area contributed by atoms with Crippen LogP contribution in [0.3, 0.4) is 0 Å². The largest absolute Gasteiger partial charge is 0.495 e. The van der Waals surface area contributed by atoms with Crippen LogP contribution in [0.4, 0.5) is 16.2 Å². The molecule has 5 N–H and O–H groups in total. The highest BCUT2D eigenvalue weighted by Gasteiger charge is 2.51. The Hall–Kier alpha value is -5.93. The van der Waals surface area contributed by atoms with Crippen LogP contribution in [0.15, 0.2) is 66.7 Å². The van der Waals surface area contributed by atoms with E-state index in [0.717, 1.165) is 11.1 Å². The first-order valence-corrected chi connectivity index (χ1v) is 16.8. The summed E-state index contributed by atoms with van der Waals surface area (Å²) in [6.07, 6.45) is 9.07. The lowest BCUT2D eigenvalue weighted by Crippen LogP contribution is -2.43. The van der Waals surface area contributed by atoms with Gasteiger partial charge in [0.15, 0.2) is 0 Å². The maximum atomic E-state index is 14.0. The number of amides is 3. The van der Waals surface area contributed by atoms with Crippen LogP contribution in [-0.2, 0) is 14.3 Å². The number of methoxy groups -OCH3 is 1. The summed E-state index contributed by atoms with van der Waals surface area (Å²) >= 11 is 0. The van der Waals surface area contributed by atoms with Crippen molar-refractivity contribution in [2.75, 3.05) is 64.1 Å². The number of benzene rings is 3. The second kappa shape index (κ2) is 14.5. The number of terminal acetylenes is 1. The van der Waals surface area contributed by atoms with E-state index >= 15 is 0 Å². The molecule has 0 radical (unpaired) electrons.